The number of hydrogen-bond acceptors (Lipinski definition) is 5. The fraction of sp³-hybridized carbons (Fsp3) is 0.538. The average Bonchev–Trinajstić information content (AvgIpc) is 2.47. The molecule has 1 aromatic rings. The van der Waals surface area contributed by atoms with E-state index in [9.17, 15) is 4.79 Å². The van der Waals surface area contributed by atoms with Gasteiger partial charge in [0.1, 0.15) is 5.69 Å². The lowest BCUT2D eigenvalue weighted by Gasteiger charge is -2.20. The maximum atomic E-state index is 11.9. The van der Waals surface area contributed by atoms with E-state index in [4.69, 9.17) is 0 Å². The molecule has 2 heterocycles. The van der Waals surface area contributed by atoms with Gasteiger partial charge in [0.05, 0.1) is 11.9 Å². The Balaban J connectivity index is 1.81. The van der Waals surface area contributed by atoms with Crippen LogP contribution in [0.5, 0.6) is 0 Å². The zero-order valence-electron chi connectivity index (χ0n) is 11.0. The molecule has 1 amide bonds. The van der Waals surface area contributed by atoms with E-state index in [-0.39, 0.29) is 5.91 Å². The van der Waals surface area contributed by atoms with Crippen molar-refractivity contribution in [2.75, 3.05) is 35.7 Å². The summed E-state index contributed by atoms with van der Waals surface area (Å²) in [5.41, 5.74) is 1.42. The molecule has 1 aromatic heterocycles. The van der Waals surface area contributed by atoms with Gasteiger partial charge >= 0.3 is 0 Å². The Kier molecular flexibility index (Phi) is 5.85. The summed E-state index contributed by atoms with van der Waals surface area (Å²) in [6, 6.07) is 3.65. The minimum Gasteiger partial charge on any atom is -0.384 e. The van der Waals surface area contributed by atoms with Crippen LogP contribution in [0.25, 0.3) is 0 Å². The molecule has 1 aliphatic heterocycles. The quantitative estimate of drug-likeness (QED) is 0.871. The molecule has 104 valence electrons. The van der Waals surface area contributed by atoms with Gasteiger partial charge in [-0.15, -0.1) is 0 Å². The molecule has 0 aliphatic carbocycles. The number of carbonyl (C=O) groups is 1. The minimum absolute atomic E-state index is 0.0841. The van der Waals surface area contributed by atoms with Crippen LogP contribution in [-0.2, 0) is 0 Å². The smallest absolute Gasteiger partial charge is 0.269 e. The molecule has 0 spiro atoms. The second kappa shape index (κ2) is 7.65. The first-order chi connectivity index (χ1) is 9.29. The Morgan fingerprint density at radius 3 is 3.00 bits per heavy atom. The fourth-order valence-electron chi connectivity index (χ4n) is 1.79. The van der Waals surface area contributed by atoms with Crippen molar-refractivity contribution in [3.05, 3.63) is 24.0 Å². The highest BCUT2D eigenvalue weighted by atomic mass is 32.2. The number of carbonyl (C=O) groups excluding carboxylic acids is 1. The van der Waals surface area contributed by atoms with Crippen LogP contribution in [0.1, 0.15) is 17.4 Å². The highest BCUT2D eigenvalue weighted by molar-refractivity contribution is 8.06. The normalized spacial score (nSPS) is 18.9. The van der Waals surface area contributed by atoms with Crippen LogP contribution in [0.15, 0.2) is 18.3 Å². The summed E-state index contributed by atoms with van der Waals surface area (Å²) in [4.78, 5) is 16.1. The molecule has 0 aromatic carbocycles. The van der Waals surface area contributed by atoms with Gasteiger partial charge in [0.25, 0.3) is 5.91 Å². The SMILES string of the molecule is CCNc1ccc(C(=O)NCC2CSCCS2)nc1. The van der Waals surface area contributed by atoms with Crippen LogP contribution >= 0.6 is 23.5 Å². The van der Waals surface area contributed by atoms with Crippen molar-refractivity contribution in [1.29, 1.82) is 0 Å². The number of hydrogen-bond donors (Lipinski definition) is 2. The number of rotatable bonds is 5. The second-order valence-electron chi connectivity index (χ2n) is 4.24. The Morgan fingerprint density at radius 1 is 1.47 bits per heavy atom. The van der Waals surface area contributed by atoms with Crippen LogP contribution < -0.4 is 10.6 Å². The second-order valence-corrected chi connectivity index (χ2v) is 6.80. The van der Waals surface area contributed by atoms with Crippen molar-refractivity contribution >= 4 is 35.1 Å². The van der Waals surface area contributed by atoms with Gasteiger partial charge in [0, 0.05) is 35.6 Å². The van der Waals surface area contributed by atoms with Crippen LogP contribution in [-0.4, -0.2) is 46.5 Å². The van der Waals surface area contributed by atoms with Crippen LogP contribution in [0.4, 0.5) is 5.69 Å². The maximum absolute atomic E-state index is 11.9. The molecule has 1 saturated heterocycles. The topological polar surface area (TPSA) is 54.0 Å². The Morgan fingerprint density at radius 2 is 2.37 bits per heavy atom. The van der Waals surface area contributed by atoms with Crippen LogP contribution in [0.2, 0.25) is 0 Å². The molecule has 0 bridgehead atoms. The number of nitrogens with one attached hydrogen (secondary N) is 2. The zero-order chi connectivity index (χ0) is 13.5. The first kappa shape index (κ1) is 14.5. The van der Waals surface area contributed by atoms with E-state index in [1.54, 1.807) is 12.3 Å². The maximum Gasteiger partial charge on any atom is 0.269 e. The van der Waals surface area contributed by atoms with E-state index in [1.807, 2.05) is 36.5 Å². The van der Waals surface area contributed by atoms with E-state index in [0.717, 1.165) is 24.5 Å². The van der Waals surface area contributed by atoms with E-state index < -0.39 is 0 Å². The third-order valence-corrected chi connectivity index (χ3v) is 5.60. The molecule has 19 heavy (non-hydrogen) atoms. The van der Waals surface area contributed by atoms with Gasteiger partial charge in [0.15, 0.2) is 0 Å². The summed E-state index contributed by atoms with van der Waals surface area (Å²) in [6.45, 7) is 3.61. The van der Waals surface area contributed by atoms with Crippen molar-refractivity contribution in [2.24, 2.45) is 0 Å². The van der Waals surface area contributed by atoms with Crippen molar-refractivity contribution in [1.82, 2.24) is 10.3 Å². The largest absolute Gasteiger partial charge is 0.384 e. The van der Waals surface area contributed by atoms with Crippen molar-refractivity contribution in [3.8, 4) is 0 Å². The molecule has 6 heteroatoms. The summed E-state index contributed by atoms with van der Waals surface area (Å²) < 4.78 is 0. The molecule has 2 N–H and O–H groups in total. The average molecular weight is 297 g/mol. The number of nitrogens with zero attached hydrogens (tertiary/aromatic N) is 1. The Labute approximate surface area is 122 Å². The van der Waals surface area contributed by atoms with Gasteiger partial charge in [-0.25, -0.2) is 4.98 Å². The summed E-state index contributed by atoms with van der Waals surface area (Å²) in [6.07, 6.45) is 1.70. The molecule has 0 saturated carbocycles. The van der Waals surface area contributed by atoms with Gasteiger partial charge in [-0.2, -0.15) is 23.5 Å². The third-order valence-electron chi connectivity index (χ3n) is 2.75. The highest BCUT2D eigenvalue weighted by Crippen LogP contribution is 2.23. The van der Waals surface area contributed by atoms with Crippen LogP contribution in [0, 0.1) is 0 Å². The summed E-state index contributed by atoms with van der Waals surface area (Å²) in [5.74, 6) is 3.44. The Hall–Kier alpha value is -0.880. The summed E-state index contributed by atoms with van der Waals surface area (Å²) >= 11 is 3.91. The molecule has 0 radical (unpaired) electrons. The molecule has 1 unspecified atom stereocenters. The first-order valence-corrected chi connectivity index (χ1v) is 8.67. The molecule has 4 nitrogen and oxygen atoms in total. The molecule has 1 aliphatic rings. The van der Waals surface area contributed by atoms with Gasteiger partial charge in [-0.1, -0.05) is 0 Å². The first-order valence-electron chi connectivity index (χ1n) is 6.47. The van der Waals surface area contributed by atoms with E-state index >= 15 is 0 Å². The van der Waals surface area contributed by atoms with Crippen LogP contribution in [0.3, 0.4) is 0 Å². The van der Waals surface area contributed by atoms with Gasteiger partial charge in [-0.05, 0) is 19.1 Å². The predicted molar refractivity (Wildman–Crippen MR) is 84.3 cm³/mol. The van der Waals surface area contributed by atoms with Gasteiger partial charge in [0.2, 0.25) is 0 Å². The monoisotopic (exact) mass is 297 g/mol. The lowest BCUT2D eigenvalue weighted by atomic mass is 10.3. The zero-order valence-corrected chi connectivity index (χ0v) is 12.6. The Bertz CT molecular complexity index is 405. The molecule has 1 fully saturated rings. The number of aromatic nitrogens is 1. The summed E-state index contributed by atoms with van der Waals surface area (Å²) in [5, 5.41) is 6.65. The molecule has 1 atom stereocenters. The van der Waals surface area contributed by atoms with Gasteiger partial charge < -0.3 is 10.6 Å². The molecular formula is C13H19N3OS2. The van der Waals surface area contributed by atoms with Crippen molar-refractivity contribution < 1.29 is 4.79 Å². The van der Waals surface area contributed by atoms with E-state index in [0.29, 0.717) is 10.9 Å². The van der Waals surface area contributed by atoms with E-state index in [2.05, 4.69) is 15.6 Å². The third kappa shape index (κ3) is 4.62. The minimum atomic E-state index is -0.0841. The lowest BCUT2D eigenvalue weighted by molar-refractivity contribution is 0.0949. The molecule has 2 rings (SSSR count). The number of anilines is 1. The number of pyridine rings is 1. The number of thioether (sulfide) groups is 2. The predicted octanol–water partition coefficient (Wildman–Crippen LogP) is 2.09. The van der Waals surface area contributed by atoms with Gasteiger partial charge in [-0.3, -0.25) is 4.79 Å². The molecular weight excluding hydrogens is 278 g/mol. The van der Waals surface area contributed by atoms with Crippen molar-refractivity contribution in [2.45, 2.75) is 12.2 Å². The van der Waals surface area contributed by atoms with Crippen molar-refractivity contribution in [3.63, 3.8) is 0 Å². The highest BCUT2D eigenvalue weighted by Gasteiger charge is 2.16. The number of amides is 1. The lowest BCUT2D eigenvalue weighted by Crippen LogP contribution is -2.33. The van der Waals surface area contributed by atoms with E-state index in [1.165, 1.54) is 11.5 Å². The summed E-state index contributed by atoms with van der Waals surface area (Å²) in [7, 11) is 0. The fourth-order valence-corrected chi connectivity index (χ4v) is 4.40. The standard InChI is InChI=1S/C13H19N3OS2/c1-2-14-10-3-4-12(15-7-10)13(17)16-8-11-9-18-5-6-19-11/h3-4,7,11,14H,2,5-6,8-9H2,1H3,(H,16,17).